The van der Waals surface area contributed by atoms with Gasteiger partial charge < -0.3 is 15.0 Å². The van der Waals surface area contributed by atoms with Gasteiger partial charge in [-0.25, -0.2) is 8.42 Å². The molecule has 0 aliphatic carbocycles. The minimum atomic E-state index is -2.95. The lowest BCUT2D eigenvalue weighted by atomic mass is 9.98. The maximum absolute atomic E-state index is 11.6. The van der Waals surface area contributed by atoms with Crippen LogP contribution in [0.3, 0.4) is 0 Å². The van der Waals surface area contributed by atoms with E-state index in [9.17, 15) is 13.2 Å². The summed E-state index contributed by atoms with van der Waals surface area (Å²) in [4.78, 5) is 13.5. The molecule has 0 aliphatic rings. The van der Waals surface area contributed by atoms with Crippen molar-refractivity contribution >= 4 is 15.8 Å². The summed E-state index contributed by atoms with van der Waals surface area (Å²) in [6.45, 7) is 2.84. The summed E-state index contributed by atoms with van der Waals surface area (Å²) in [6.07, 6.45) is 1.77. The number of hydrogen-bond donors (Lipinski definition) is 1. The van der Waals surface area contributed by atoms with E-state index in [4.69, 9.17) is 4.74 Å². The first kappa shape index (κ1) is 17.3. The fourth-order valence-electron chi connectivity index (χ4n) is 1.40. The molecule has 1 atom stereocenters. The van der Waals surface area contributed by atoms with Crippen LogP contribution in [-0.2, 0) is 19.4 Å². The van der Waals surface area contributed by atoms with Crippen molar-refractivity contribution in [2.75, 3.05) is 46.3 Å². The number of sulfone groups is 1. The normalized spacial score (nSPS) is 15.4. The van der Waals surface area contributed by atoms with Gasteiger partial charge in [-0.3, -0.25) is 4.79 Å². The van der Waals surface area contributed by atoms with E-state index >= 15 is 0 Å². The molecule has 18 heavy (non-hydrogen) atoms. The van der Waals surface area contributed by atoms with E-state index < -0.39 is 15.4 Å². The molecule has 0 rings (SSSR count). The number of methoxy groups -OCH3 is 1. The molecule has 0 bridgehead atoms. The monoisotopic (exact) mass is 280 g/mol. The average Bonchev–Trinajstić information content (AvgIpc) is 2.31. The fraction of sp³-hybridized carbons (Fsp3) is 0.909. The highest BCUT2D eigenvalue weighted by Crippen LogP contribution is 2.11. The third-order valence-electron chi connectivity index (χ3n) is 3.03. The SMILES string of the molecule is CNC(C)(CCN(C)CCS(C)(=O)=O)C(=O)OC. The molecule has 6 nitrogen and oxygen atoms in total. The molecule has 7 heteroatoms. The third kappa shape index (κ3) is 6.32. The number of carbonyl (C=O) groups excluding carboxylic acids is 1. The zero-order chi connectivity index (χ0) is 14.4. The van der Waals surface area contributed by atoms with Gasteiger partial charge in [0, 0.05) is 19.3 Å². The van der Waals surface area contributed by atoms with E-state index in [1.165, 1.54) is 13.4 Å². The first-order chi connectivity index (χ1) is 8.14. The van der Waals surface area contributed by atoms with Gasteiger partial charge in [0.1, 0.15) is 15.4 Å². The Bertz CT molecular complexity index is 369. The van der Waals surface area contributed by atoms with Gasteiger partial charge >= 0.3 is 5.97 Å². The Morgan fingerprint density at radius 2 is 1.94 bits per heavy atom. The summed E-state index contributed by atoms with van der Waals surface area (Å²) < 4.78 is 26.8. The zero-order valence-corrected chi connectivity index (χ0v) is 12.6. The highest BCUT2D eigenvalue weighted by molar-refractivity contribution is 7.90. The van der Waals surface area contributed by atoms with E-state index in [0.29, 0.717) is 19.5 Å². The van der Waals surface area contributed by atoms with E-state index in [-0.39, 0.29) is 11.7 Å². The predicted octanol–water partition coefficient (Wildman–Crippen LogP) is -0.496. The van der Waals surface area contributed by atoms with Crippen molar-refractivity contribution in [2.24, 2.45) is 0 Å². The third-order valence-corrected chi connectivity index (χ3v) is 3.95. The second-order valence-corrected chi connectivity index (χ2v) is 7.02. The molecule has 0 saturated heterocycles. The highest BCUT2D eigenvalue weighted by atomic mass is 32.2. The van der Waals surface area contributed by atoms with Crippen molar-refractivity contribution in [1.29, 1.82) is 0 Å². The molecule has 0 amide bonds. The summed E-state index contributed by atoms with van der Waals surface area (Å²) in [7, 11) is 1.94. The molecule has 1 N–H and O–H groups in total. The van der Waals surface area contributed by atoms with Gasteiger partial charge in [0.05, 0.1) is 12.9 Å². The van der Waals surface area contributed by atoms with E-state index in [1.807, 2.05) is 11.9 Å². The quantitative estimate of drug-likeness (QED) is 0.604. The van der Waals surface area contributed by atoms with Gasteiger partial charge in [0.15, 0.2) is 0 Å². The number of likely N-dealkylation sites (N-methyl/N-ethyl adjacent to an activating group) is 1. The van der Waals surface area contributed by atoms with Gasteiger partial charge in [-0.2, -0.15) is 0 Å². The number of esters is 1. The second-order valence-electron chi connectivity index (χ2n) is 4.76. The number of carbonyl (C=O) groups is 1. The van der Waals surface area contributed by atoms with Crippen LogP contribution in [0.15, 0.2) is 0 Å². The molecule has 1 unspecified atom stereocenters. The first-order valence-corrected chi connectivity index (χ1v) is 7.84. The number of hydrogen-bond acceptors (Lipinski definition) is 6. The molecular weight excluding hydrogens is 256 g/mol. The Hall–Kier alpha value is -0.660. The zero-order valence-electron chi connectivity index (χ0n) is 11.8. The van der Waals surface area contributed by atoms with Crippen LogP contribution in [0.2, 0.25) is 0 Å². The minimum absolute atomic E-state index is 0.123. The van der Waals surface area contributed by atoms with E-state index in [1.54, 1.807) is 14.0 Å². The predicted molar refractivity (Wildman–Crippen MR) is 71.3 cm³/mol. The van der Waals surface area contributed by atoms with Crippen molar-refractivity contribution in [2.45, 2.75) is 18.9 Å². The molecule has 0 saturated carbocycles. The van der Waals surface area contributed by atoms with E-state index in [0.717, 1.165) is 0 Å². The summed E-state index contributed by atoms with van der Waals surface area (Å²) in [5, 5.41) is 2.94. The molecule has 0 aromatic carbocycles. The number of ether oxygens (including phenoxy) is 1. The molecular formula is C11H24N2O4S. The standard InChI is InChI=1S/C11H24N2O4S/c1-11(12-2,10(14)17-4)6-7-13(3)8-9-18(5,15)16/h12H,6-9H2,1-5H3. The maximum atomic E-state index is 11.6. The van der Waals surface area contributed by atoms with Crippen LogP contribution < -0.4 is 5.32 Å². The topological polar surface area (TPSA) is 75.7 Å². The fourth-order valence-corrected chi connectivity index (χ4v) is 2.05. The highest BCUT2D eigenvalue weighted by Gasteiger charge is 2.32. The van der Waals surface area contributed by atoms with Gasteiger partial charge in [-0.05, 0) is 27.4 Å². The summed E-state index contributed by atoms with van der Waals surface area (Å²) in [6, 6.07) is 0. The number of nitrogens with zero attached hydrogens (tertiary/aromatic N) is 1. The van der Waals surface area contributed by atoms with Gasteiger partial charge in [-0.1, -0.05) is 0 Å². The molecule has 0 heterocycles. The lowest BCUT2D eigenvalue weighted by Crippen LogP contribution is -2.50. The molecule has 0 radical (unpaired) electrons. The molecule has 108 valence electrons. The largest absolute Gasteiger partial charge is 0.468 e. The lowest BCUT2D eigenvalue weighted by Gasteiger charge is -2.28. The minimum Gasteiger partial charge on any atom is -0.468 e. The van der Waals surface area contributed by atoms with Crippen LogP contribution in [-0.4, -0.2) is 71.1 Å². The number of nitrogens with one attached hydrogen (secondary N) is 1. The van der Waals surface area contributed by atoms with E-state index in [2.05, 4.69) is 5.32 Å². The molecule has 0 aromatic rings. The van der Waals surface area contributed by atoms with Gasteiger partial charge in [0.25, 0.3) is 0 Å². The Labute approximate surface area is 110 Å². The summed E-state index contributed by atoms with van der Waals surface area (Å²) in [5.74, 6) is -0.195. The van der Waals surface area contributed by atoms with Crippen LogP contribution in [0.5, 0.6) is 0 Å². The Morgan fingerprint density at radius 1 is 1.39 bits per heavy atom. The van der Waals surface area contributed by atoms with Gasteiger partial charge in [0.2, 0.25) is 0 Å². The average molecular weight is 280 g/mol. The summed E-state index contributed by atoms with van der Waals surface area (Å²) in [5.41, 5.74) is -0.742. The van der Waals surface area contributed by atoms with Crippen LogP contribution in [0, 0.1) is 0 Å². The Kier molecular flexibility index (Phi) is 6.80. The number of rotatable bonds is 8. The van der Waals surface area contributed by atoms with Crippen molar-refractivity contribution in [3.8, 4) is 0 Å². The maximum Gasteiger partial charge on any atom is 0.325 e. The van der Waals surface area contributed by atoms with Crippen molar-refractivity contribution in [1.82, 2.24) is 10.2 Å². The Morgan fingerprint density at radius 3 is 2.33 bits per heavy atom. The smallest absolute Gasteiger partial charge is 0.325 e. The first-order valence-electron chi connectivity index (χ1n) is 5.78. The van der Waals surface area contributed by atoms with Crippen molar-refractivity contribution in [3.05, 3.63) is 0 Å². The second kappa shape index (κ2) is 7.06. The van der Waals surface area contributed by atoms with Crippen LogP contribution in [0.4, 0.5) is 0 Å². The van der Waals surface area contributed by atoms with Crippen molar-refractivity contribution in [3.63, 3.8) is 0 Å². The van der Waals surface area contributed by atoms with Crippen molar-refractivity contribution < 1.29 is 17.9 Å². The molecule has 0 spiro atoms. The van der Waals surface area contributed by atoms with Gasteiger partial charge in [-0.15, -0.1) is 0 Å². The molecule has 0 aliphatic heterocycles. The Balaban J connectivity index is 4.25. The lowest BCUT2D eigenvalue weighted by molar-refractivity contribution is -0.148. The molecule has 0 fully saturated rings. The molecule has 0 aromatic heterocycles. The van der Waals surface area contributed by atoms with Crippen LogP contribution in [0.25, 0.3) is 0 Å². The summed E-state index contributed by atoms with van der Waals surface area (Å²) >= 11 is 0. The van der Waals surface area contributed by atoms with Crippen LogP contribution >= 0.6 is 0 Å². The van der Waals surface area contributed by atoms with Crippen LogP contribution in [0.1, 0.15) is 13.3 Å².